The summed E-state index contributed by atoms with van der Waals surface area (Å²) in [5.41, 5.74) is 0.560. The van der Waals surface area contributed by atoms with Gasteiger partial charge < -0.3 is 20.7 Å². The number of halogens is 4. The monoisotopic (exact) mass is 540 g/mol. The summed E-state index contributed by atoms with van der Waals surface area (Å²) in [4.78, 5) is 28.2. The lowest BCUT2D eigenvalue weighted by Gasteiger charge is -2.18. The van der Waals surface area contributed by atoms with Crippen molar-refractivity contribution in [2.75, 3.05) is 38.6 Å². The van der Waals surface area contributed by atoms with Gasteiger partial charge in [-0.3, -0.25) is 14.5 Å². The van der Waals surface area contributed by atoms with Crippen molar-refractivity contribution in [1.82, 2.24) is 9.80 Å². The maximum Gasteiger partial charge on any atom is 0.416 e. The molecule has 0 radical (unpaired) electrons. The number of aliphatic hydroxyl groups excluding tert-OH is 1. The topological polar surface area (TPSA) is 96.7 Å². The first-order valence-corrected chi connectivity index (χ1v) is 12.0. The number of hydrogen-bond acceptors (Lipinski definition) is 7. The summed E-state index contributed by atoms with van der Waals surface area (Å²) >= 11 is 6.54. The number of alkyl halides is 3. The zero-order valence-corrected chi connectivity index (χ0v) is 20.8. The Morgan fingerprint density at radius 2 is 1.94 bits per heavy atom. The molecule has 0 aromatic heterocycles. The lowest BCUT2D eigenvalue weighted by atomic mass is 10.1. The number of anilines is 1. The highest BCUT2D eigenvalue weighted by Crippen LogP contribution is 2.35. The highest BCUT2D eigenvalue weighted by molar-refractivity contribution is 8.18. The third-order valence-corrected chi connectivity index (χ3v) is 6.58. The Morgan fingerprint density at radius 3 is 2.61 bits per heavy atom. The number of hydrogen-bond donors (Lipinski definition) is 3. The second-order valence-corrected chi connectivity index (χ2v) is 9.43. The molecule has 2 aromatic rings. The van der Waals surface area contributed by atoms with Gasteiger partial charge in [-0.05, 0) is 60.3 Å². The van der Waals surface area contributed by atoms with Crippen LogP contribution in [0.5, 0.6) is 0 Å². The number of amides is 2. The highest BCUT2D eigenvalue weighted by atomic mass is 35.5. The van der Waals surface area contributed by atoms with E-state index in [1.807, 2.05) is 0 Å². The first kappa shape index (κ1) is 27.7. The lowest BCUT2D eigenvalue weighted by molar-refractivity contribution is -0.138. The van der Waals surface area contributed by atoms with E-state index in [0.29, 0.717) is 29.9 Å². The maximum atomic E-state index is 13.4. The Balaban J connectivity index is 1.74. The van der Waals surface area contributed by atoms with Gasteiger partial charge in [-0.25, -0.2) is 0 Å². The molecule has 3 rings (SSSR count). The van der Waals surface area contributed by atoms with E-state index in [4.69, 9.17) is 22.1 Å². The largest absolute Gasteiger partial charge is 0.416 e. The fourth-order valence-corrected chi connectivity index (χ4v) is 4.54. The minimum absolute atomic E-state index is 0.00483. The van der Waals surface area contributed by atoms with Crippen molar-refractivity contribution in [2.24, 2.45) is 0 Å². The molecule has 36 heavy (non-hydrogen) atoms. The van der Waals surface area contributed by atoms with E-state index in [-0.39, 0.29) is 35.2 Å². The van der Waals surface area contributed by atoms with Crippen molar-refractivity contribution in [3.8, 4) is 0 Å². The molecular weight excluding hydrogens is 517 g/mol. The van der Waals surface area contributed by atoms with Gasteiger partial charge in [0, 0.05) is 48.7 Å². The van der Waals surface area contributed by atoms with Crippen LogP contribution in [-0.4, -0.2) is 65.6 Å². The van der Waals surface area contributed by atoms with Crippen LogP contribution in [0.3, 0.4) is 0 Å². The van der Waals surface area contributed by atoms with E-state index < -0.39 is 22.9 Å². The number of imide groups is 1. The molecule has 0 spiro atoms. The summed E-state index contributed by atoms with van der Waals surface area (Å²) in [6.07, 6.45) is -1.97. The molecule has 1 fully saturated rings. The Bertz CT molecular complexity index is 1190. The van der Waals surface area contributed by atoms with Gasteiger partial charge in [0.15, 0.2) is 0 Å². The van der Waals surface area contributed by atoms with Gasteiger partial charge in [0.25, 0.3) is 11.1 Å². The van der Waals surface area contributed by atoms with Crippen molar-refractivity contribution in [3.63, 3.8) is 0 Å². The van der Waals surface area contributed by atoms with Gasteiger partial charge in [-0.15, -0.1) is 0 Å². The first-order valence-electron chi connectivity index (χ1n) is 10.8. The Hall–Kier alpha value is -2.86. The van der Waals surface area contributed by atoms with Gasteiger partial charge in [0.1, 0.15) is 0 Å². The maximum absolute atomic E-state index is 13.4. The Labute approximate surface area is 215 Å². The number of aliphatic hydroxyl groups is 1. The summed E-state index contributed by atoms with van der Waals surface area (Å²) in [5.74, 6) is -0.427. The Kier molecular flexibility index (Phi) is 9.18. The standard InChI is InChI=1S/C24H24ClF3N4O3S/c1-31(8-9-33)6-7-32-22(34)21(36-23(32)35)11-15-2-5-20(17(10-15)13-29)30-14-16-3-4-18(25)12-19(16)24(26,27)28/h2-5,10-13,29-30,33H,6-9,14H2,1H3. The smallest absolute Gasteiger partial charge is 0.395 e. The second-order valence-electron chi connectivity index (χ2n) is 8.00. The molecule has 0 aliphatic carbocycles. The fourth-order valence-electron chi connectivity index (χ4n) is 3.51. The van der Waals surface area contributed by atoms with E-state index in [9.17, 15) is 22.8 Å². The van der Waals surface area contributed by atoms with Gasteiger partial charge in [-0.1, -0.05) is 23.7 Å². The molecule has 2 aromatic carbocycles. The van der Waals surface area contributed by atoms with Crippen LogP contribution in [0, 0.1) is 5.41 Å². The number of carbonyl (C=O) groups excluding carboxylic acids is 2. The quantitative estimate of drug-likeness (QED) is 0.292. The number of nitrogens with one attached hydrogen (secondary N) is 2. The molecule has 1 heterocycles. The Morgan fingerprint density at radius 1 is 1.19 bits per heavy atom. The van der Waals surface area contributed by atoms with Crippen molar-refractivity contribution in [1.29, 1.82) is 5.41 Å². The van der Waals surface area contributed by atoms with Crippen LogP contribution in [-0.2, 0) is 17.5 Å². The molecule has 1 aliphatic rings. The molecule has 12 heteroatoms. The zero-order chi connectivity index (χ0) is 26.5. The molecule has 1 aliphatic heterocycles. The SMILES string of the molecule is CN(CCO)CCN1C(=O)SC(=Cc2ccc(NCc3ccc(Cl)cc3C(F)(F)F)c(C=N)c2)C1=O. The summed E-state index contributed by atoms with van der Waals surface area (Å²) in [6.45, 7) is 0.873. The van der Waals surface area contributed by atoms with Crippen LogP contribution < -0.4 is 5.32 Å². The molecule has 2 amide bonds. The van der Waals surface area contributed by atoms with Gasteiger partial charge in [0.2, 0.25) is 0 Å². The average Bonchev–Trinajstić information content (AvgIpc) is 3.08. The highest BCUT2D eigenvalue weighted by Gasteiger charge is 2.35. The molecule has 7 nitrogen and oxygen atoms in total. The van der Waals surface area contributed by atoms with Crippen LogP contribution in [0.2, 0.25) is 5.02 Å². The molecule has 0 bridgehead atoms. The number of carbonyl (C=O) groups is 2. The van der Waals surface area contributed by atoms with E-state index >= 15 is 0 Å². The molecule has 3 N–H and O–H groups in total. The van der Waals surface area contributed by atoms with Gasteiger partial charge in [-0.2, -0.15) is 13.2 Å². The van der Waals surface area contributed by atoms with Crippen LogP contribution in [0.4, 0.5) is 23.7 Å². The zero-order valence-electron chi connectivity index (χ0n) is 19.2. The average molecular weight is 541 g/mol. The second kappa shape index (κ2) is 11.9. The summed E-state index contributed by atoms with van der Waals surface area (Å²) in [5, 5.41) is 19.2. The first-order chi connectivity index (χ1) is 17.0. The van der Waals surface area contributed by atoms with Crippen LogP contribution in [0.25, 0.3) is 6.08 Å². The van der Waals surface area contributed by atoms with Crippen molar-refractivity contribution < 1.29 is 27.9 Å². The van der Waals surface area contributed by atoms with E-state index in [0.717, 1.165) is 28.9 Å². The summed E-state index contributed by atoms with van der Waals surface area (Å²) in [7, 11) is 1.77. The lowest BCUT2D eigenvalue weighted by Crippen LogP contribution is -2.36. The fraction of sp³-hybridized carbons (Fsp3) is 0.292. The summed E-state index contributed by atoms with van der Waals surface area (Å²) in [6, 6.07) is 8.40. The van der Waals surface area contributed by atoms with E-state index in [1.54, 1.807) is 36.2 Å². The molecule has 0 unspecified atom stereocenters. The van der Waals surface area contributed by atoms with Crippen LogP contribution in [0.1, 0.15) is 22.3 Å². The molecule has 0 atom stereocenters. The third-order valence-electron chi connectivity index (χ3n) is 5.44. The molecule has 1 saturated heterocycles. The minimum atomic E-state index is -4.56. The molecule has 0 saturated carbocycles. The number of likely N-dealkylation sites (N-methyl/N-ethyl adjacent to an activating group) is 1. The normalized spacial score (nSPS) is 15.3. The van der Waals surface area contributed by atoms with Gasteiger partial charge >= 0.3 is 6.18 Å². The predicted octanol–water partition coefficient (Wildman–Crippen LogP) is 4.93. The predicted molar refractivity (Wildman–Crippen MR) is 135 cm³/mol. The van der Waals surface area contributed by atoms with Crippen molar-refractivity contribution in [3.05, 3.63) is 68.6 Å². The molecule has 192 valence electrons. The van der Waals surface area contributed by atoms with Crippen LogP contribution in [0.15, 0.2) is 41.3 Å². The van der Waals surface area contributed by atoms with Crippen LogP contribution >= 0.6 is 23.4 Å². The summed E-state index contributed by atoms with van der Waals surface area (Å²) < 4.78 is 40.1. The van der Waals surface area contributed by atoms with Gasteiger partial charge in [0.05, 0.1) is 17.1 Å². The number of nitrogens with zero attached hydrogens (tertiary/aromatic N) is 2. The molecular formula is C24H24ClF3N4O3S. The number of benzene rings is 2. The van der Waals surface area contributed by atoms with E-state index in [1.165, 1.54) is 12.1 Å². The number of rotatable bonds is 10. The minimum Gasteiger partial charge on any atom is -0.395 e. The van der Waals surface area contributed by atoms with Crippen molar-refractivity contribution in [2.45, 2.75) is 12.7 Å². The number of thioether (sulfide) groups is 1. The van der Waals surface area contributed by atoms with E-state index in [2.05, 4.69) is 5.32 Å². The third kappa shape index (κ3) is 6.88. The van der Waals surface area contributed by atoms with Crippen molar-refractivity contribution >= 4 is 52.5 Å².